The highest BCUT2D eigenvalue weighted by molar-refractivity contribution is 7.13. The minimum Gasteiger partial charge on any atom is -0.465 e. The van der Waals surface area contributed by atoms with E-state index < -0.39 is 6.09 Å². The molecule has 7 heteroatoms. The quantitative estimate of drug-likeness (QED) is 0.576. The summed E-state index contributed by atoms with van der Waals surface area (Å²) in [4.78, 5) is 18.8. The minimum absolute atomic E-state index is 0.211. The van der Waals surface area contributed by atoms with Crippen molar-refractivity contribution in [1.29, 1.82) is 0 Å². The van der Waals surface area contributed by atoms with E-state index >= 15 is 0 Å². The Bertz CT molecular complexity index is 912. The number of benzene rings is 1. The van der Waals surface area contributed by atoms with Gasteiger partial charge in [-0.25, -0.2) is 4.79 Å². The molecule has 1 saturated heterocycles. The highest BCUT2D eigenvalue weighted by Crippen LogP contribution is 2.37. The van der Waals surface area contributed by atoms with Crippen molar-refractivity contribution in [2.75, 3.05) is 37.6 Å². The van der Waals surface area contributed by atoms with Gasteiger partial charge in [0.2, 0.25) is 0 Å². The van der Waals surface area contributed by atoms with Gasteiger partial charge in [-0.1, -0.05) is 31.4 Å². The van der Waals surface area contributed by atoms with Crippen LogP contribution in [0.4, 0.5) is 10.6 Å². The predicted octanol–water partition coefficient (Wildman–Crippen LogP) is 5.84. The molecule has 5 rings (SSSR count). The molecule has 2 heterocycles. The molecule has 0 unspecified atom stereocenters. The van der Waals surface area contributed by atoms with Crippen LogP contribution in [0.2, 0.25) is 0 Å². The van der Waals surface area contributed by atoms with Crippen LogP contribution >= 0.6 is 11.5 Å². The van der Waals surface area contributed by atoms with Crippen LogP contribution < -0.4 is 4.90 Å². The number of hydrogen-bond donors (Lipinski definition) is 1. The van der Waals surface area contributed by atoms with Crippen LogP contribution in [0.25, 0.3) is 10.1 Å². The third-order valence-electron chi connectivity index (χ3n) is 8.04. The van der Waals surface area contributed by atoms with Gasteiger partial charge in [0, 0.05) is 37.6 Å². The summed E-state index contributed by atoms with van der Waals surface area (Å²) in [7, 11) is 0. The van der Waals surface area contributed by atoms with Crippen LogP contribution in [0, 0.1) is 12.0 Å². The van der Waals surface area contributed by atoms with Gasteiger partial charge in [0.15, 0.2) is 0 Å². The topological polar surface area (TPSA) is 59.9 Å². The van der Waals surface area contributed by atoms with Crippen LogP contribution in [0.15, 0.2) is 24.3 Å². The zero-order valence-electron chi connectivity index (χ0n) is 19.6. The maximum atomic E-state index is 12.0. The van der Waals surface area contributed by atoms with Crippen LogP contribution in [0.1, 0.15) is 64.2 Å². The van der Waals surface area contributed by atoms with Gasteiger partial charge in [-0.3, -0.25) is 9.80 Å². The first-order valence-electron chi connectivity index (χ1n) is 12.9. The van der Waals surface area contributed by atoms with E-state index in [2.05, 4.69) is 34.1 Å². The van der Waals surface area contributed by atoms with Crippen molar-refractivity contribution < 1.29 is 9.90 Å². The summed E-state index contributed by atoms with van der Waals surface area (Å²) in [6.07, 6.45) is 10.5. The van der Waals surface area contributed by atoms with Gasteiger partial charge in [-0.15, -0.1) is 0 Å². The summed E-state index contributed by atoms with van der Waals surface area (Å²) in [5.74, 6) is 1.90. The fourth-order valence-corrected chi connectivity index (χ4v) is 6.89. The Kier molecular flexibility index (Phi) is 7.36. The van der Waals surface area contributed by atoms with E-state index in [1.165, 1.54) is 48.4 Å². The first kappa shape index (κ1) is 22.9. The Labute approximate surface area is 201 Å². The first-order chi connectivity index (χ1) is 16.2. The van der Waals surface area contributed by atoms with Crippen molar-refractivity contribution in [2.45, 2.75) is 70.3 Å². The van der Waals surface area contributed by atoms with Gasteiger partial charge in [0.05, 0.1) is 10.7 Å². The standard InChI is InChI=1S/C26H37N4O2S/c31-26(32)30(21-6-2-1-3-7-21)22-12-10-20(11-13-22)14-15-28-16-18-29(19-17-28)25-23-8-4-5-9-24(23)33-27-25/h4-5,8-9,20,22H,1-3,6-7,10-19H2,(H,31,32). The molecule has 0 atom stereocenters. The molecular formula is C26H37N4O2S. The summed E-state index contributed by atoms with van der Waals surface area (Å²) >= 11 is 1.60. The van der Waals surface area contributed by atoms with Crippen molar-refractivity contribution in [3.63, 3.8) is 0 Å². The second kappa shape index (κ2) is 10.6. The normalized spacial score (nSPS) is 25.4. The van der Waals surface area contributed by atoms with Gasteiger partial charge in [-0.2, -0.15) is 4.37 Å². The zero-order chi connectivity index (χ0) is 22.6. The molecular weight excluding hydrogens is 432 g/mol. The SMILES string of the molecule is O=C(O)N([C]1CCCCC1)C1CCC(CCN2CCN(c3nsc4ccccc34)CC2)CC1. The van der Waals surface area contributed by atoms with Crippen LogP contribution in [-0.2, 0) is 0 Å². The van der Waals surface area contributed by atoms with Gasteiger partial charge in [-0.05, 0) is 81.1 Å². The molecule has 2 aromatic rings. The minimum atomic E-state index is -0.721. The third-order valence-corrected chi connectivity index (χ3v) is 8.86. The number of piperazine rings is 1. The lowest BCUT2D eigenvalue weighted by Crippen LogP contribution is -2.47. The fourth-order valence-electron chi connectivity index (χ4n) is 6.09. The summed E-state index contributed by atoms with van der Waals surface area (Å²) < 4.78 is 6.00. The van der Waals surface area contributed by atoms with E-state index in [1.54, 1.807) is 16.4 Å². The Morgan fingerprint density at radius 1 is 1.03 bits per heavy atom. The van der Waals surface area contributed by atoms with E-state index in [0.717, 1.165) is 76.4 Å². The summed E-state index contributed by atoms with van der Waals surface area (Å²) in [6, 6.07) is 9.94. The predicted molar refractivity (Wildman–Crippen MR) is 135 cm³/mol. The van der Waals surface area contributed by atoms with Crippen molar-refractivity contribution in [1.82, 2.24) is 14.2 Å². The lowest BCUT2D eigenvalue weighted by molar-refractivity contribution is 0.0948. The van der Waals surface area contributed by atoms with Gasteiger partial charge < -0.3 is 10.0 Å². The highest BCUT2D eigenvalue weighted by Gasteiger charge is 2.35. The number of fused-ring (bicyclic) bond motifs is 1. The summed E-state index contributed by atoms with van der Waals surface area (Å²) in [6.45, 7) is 5.47. The van der Waals surface area contributed by atoms with Crippen molar-refractivity contribution in [3.05, 3.63) is 30.3 Å². The van der Waals surface area contributed by atoms with E-state index in [1.807, 2.05) is 0 Å². The molecule has 2 aliphatic carbocycles. The lowest BCUT2D eigenvalue weighted by Gasteiger charge is -2.41. The zero-order valence-corrected chi connectivity index (χ0v) is 20.4. The number of anilines is 1. The molecule has 3 fully saturated rings. The van der Waals surface area contributed by atoms with Crippen molar-refractivity contribution in [3.8, 4) is 0 Å². The van der Waals surface area contributed by atoms with Gasteiger partial charge in [0.25, 0.3) is 0 Å². The number of carboxylic acid groups (broad SMARTS) is 1. The number of amides is 1. The van der Waals surface area contributed by atoms with Crippen LogP contribution in [-0.4, -0.2) is 64.1 Å². The molecule has 0 spiro atoms. The number of rotatable bonds is 6. The molecule has 179 valence electrons. The molecule has 1 radical (unpaired) electrons. The molecule has 1 aromatic carbocycles. The molecule has 2 saturated carbocycles. The number of hydrogen-bond acceptors (Lipinski definition) is 5. The smallest absolute Gasteiger partial charge is 0.408 e. The van der Waals surface area contributed by atoms with Crippen molar-refractivity contribution in [2.24, 2.45) is 5.92 Å². The third kappa shape index (κ3) is 5.29. The van der Waals surface area contributed by atoms with E-state index in [4.69, 9.17) is 4.37 Å². The average molecular weight is 470 g/mol. The largest absolute Gasteiger partial charge is 0.465 e. The summed E-state index contributed by atoms with van der Waals surface area (Å²) in [5.41, 5.74) is 0. The first-order valence-corrected chi connectivity index (χ1v) is 13.6. The molecule has 33 heavy (non-hydrogen) atoms. The van der Waals surface area contributed by atoms with E-state index in [9.17, 15) is 9.90 Å². The molecule has 1 N–H and O–H groups in total. The van der Waals surface area contributed by atoms with Crippen LogP contribution in [0.5, 0.6) is 0 Å². The molecule has 1 amide bonds. The van der Waals surface area contributed by atoms with E-state index in [-0.39, 0.29) is 6.04 Å². The van der Waals surface area contributed by atoms with Crippen molar-refractivity contribution >= 4 is 33.5 Å². The second-order valence-electron chi connectivity index (χ2n) is 10.1. The summed E-state index contributed by atoms with van der Waals surface area (Å²) in [5, 5.41) is 11.1. The molecule has 0 bridgehead atoms. The maximum Gasteiger partial charge on any atom is 0.408 e. The number of aromatic nitrogens is 1. The average Bonchev–Trinajstić information content (AvgIpc) is 3.29. The van der Waals surface area contributed by atoms with Gasteiger partial charge >= 0.3 is 6.09 Å². The Balaban J connectivity index is 1.06. The molecule has 6 nitrogen and oxygen atoms in total. The Hall–Kier alpha value is -1.86. The van der Waals surface area contributed by atoms with E-state index in [0.29, 0.717) is 0 Å². The Morgan fingerprint density at radius 2 is 1.76 bits per heavy atom. The molecule has 3 aliphatic rings. The lowest BCUT2D eigenvalue weighted by atomic mass is 9.82. The number of nitrogens with zero attached hydrogens (tertiary/aromatic N) is 4. The maximum absolute atomic E-state index is 12.0. The monoisotopic (exact) mass is 469 g/mol. The molecule has 1 aliphatic heterocycles. The fraction of sp³-hybridized carbons (Fsp3) is 0.654. The Morgan fingerprint density at radius 3 is 2.48 bits per heavy atom. The number of carbonyl (C=O) groups is 1. The van der Waals surface area contributed by atoms with Crippen LogP contribution in [0.3, 0.4) is 0 Å². The second-order valence-corrected chi connectivity index (χ2v) is 10.9. The van der Waals surface area contributed by atoms with Gasteiger partial charge in [0.1, 0.15) is 5.82 Å². The highest BCUT2D eigenvalue weighted by atomic mass is 32.1. The molecule has 1 aromatic heterocycles.